The zero-order valence-corrected chi connectivity index (χ0v) is 21.9. The minimum atomic E-state index is -0.233. The minimum absolute atomic E-state index is 0. The summed E-state index contributed by atoms with van der Waals surface area (Å²) in [7, 11) is 0. The fourth-order valence-electron chi connectivity index (χ4n) is 1.74. The second-order valence-corrected chi connectivity index (χ2v) is 5.55. The van der Waals surface area contributed by atoms with Crippen LogP contribution >= 0.6 is 0 Å². The van der Waals surface area contributed by atoms with Crippen molar-refractivity contribution in [1.29, 1.82) is 0 Å². The van der Waals surface area contributed by atoms with Gasteiger partial charge in [-0.05, 0) is 13.8 Å². The summed E-state index contributed by atoms with van der Waals surface area (Å²) < 4.78 is 0. The van der Waals surface area contributed by atoms with E-state index in [1.807, 2.05) is 12.1 Å². The van der Waals surface area contributed by atoms with Crippen LogP contribution in [0.25, 0.3) is 0 Å². The predicted molar refractivity (Wildman–Crippen MR) is 113 cm³/mol. The van der Waals surface area contributed by atoms with Gasteiger partial charge in [-0.25, -0.2) is 0 Å². The van der Waals surface area contributed by atoms with Gasteiger partial charge < -0.3 is 29.4 Å². The monoisotopic (exact) mass is 592 g/mol. The third kappa shape index (κ3) is 20.7. The Bertz CT molecular complexity index is 680. The Labute approximate surface area is 203 Å². The summed E-state index contributed by atoms with van der Waals surface area (Å²) in [6.07, 6.45) is 2.19. The van der Waals surface area contributed by atoms with Crippen LogP contribution in [0.3, 0.4) is 0 Å². The normalized spacial score (nSPS) is 8.19. The van der Waals surface area contributed by atoms with Crippen molar-refractivity contribution in [3.63, 3.8) is 0 Å². The van der Waals surface area contributed by atoms with Crippen LogP contribution in [0, 0.1) is 12.8 Å². The number of benzene rings is 2. The Kier molecular flexibility index (Phi) is 24.0. The van der Waals surface area contributed by atoms with E-state index in [4.69, 9.17) is 10.2 Å². The molecule has 6 nitrogen and oxygen atoms in total. The first-order chi connectivity index (χ1) is 14.2. The van der Waals surface area contributed by atoms with Gasteiger partial charge in [0.1, 0.15) is 0 Å². The molecule has 0 radical (unpaired) electrons. The van der Waals surface area contributed by atoms with Gasteiger partial charge in [-0.3, -0.25) is 0 Å². The molecule has 0 amide bonds. The molecule has 0 heterocycles. The molecule has 0 atom stereocenters. The van der Waals surface area contributed by atoms with Gasteiger partial charge in [-0.1, -0.05) is 50.2 Å². The second kappa shape index (κ2) is 22.3. The van der Waals surface area contributed by atoms with Crippen molar-refractivity contribution in [1.82, 2.24) is 0 Å². The molecule has 7 heteroatoms. The zero-order valence-electron chi connectivity index (χ0n) is 18.3. The fraction of sp³-hybridized carbons (Fsp3) is 0.250. The summed E-state index contributed by atoms with van der Waals surface area (Å²) >= 11 is 0. The van der Waals surface area contributed by atoms with E-state index < -0.39 is 0 Å². The summed E-state index contributed by atoms with van der Waals surface area (Å²) in [6, 6.07) is 17.4. The maximum Gasteiger partial charge on any atom is 0.0768 e. The smallest absolute Gasteiger partial charge is 0.0768 e. The Hall–Kier alpha value is -2.35. The van der Waals surface area contributed by atoms with E-state index in [9.17, 15) is 19.2 Å². The number of hydrogen-bond acceptors (Lipinski definition) is 6. The van der Waals surface area contributed by atoms with Gasteiger partial charge in [0, 0.05) is 37.4 Å². The average Bonchev–Trinajstić information content (AvgIpc) is 2.70. The number of ketones is 4. The maximum atomic E-state index is 11.2. The van der Waals surface area contributed by atoms with Gasteiger partial charge in [0.05, 0.1) is 11.6 Å². The van der Waals surface area contributed by atoms with Gasteiger partial charge in [-0.15, -0.1) is 61.4 Å². The SMILES string of the molecule is CC(=O)[CH-]C(=O)c1ccccc1.CC(=O)[CH-]C(=O)c1ccccc1.CC[O-].CC[O-].[Hf]. The first-order valence-corrected chi connectivity index (χ1v) is 9.28. The molecule has 0 saturated heterocycles. The Morgan fingerprint density at radius 2 is 0.871 bits per heavy atom. The van der Waals surface area contributed by atoms with Crippen LogP contribution in [0.15, 0.2) is 60.7 Å². The number of carbonyl (C=O) groups excluding carboxylic acids is 4. The average molecular weight is 591 g/mol. The summed E-state index contributed by atoms with van der Waals surface area (Å²) in [4.78, 5) is 43.5. The van der Waals surface area contributed by atoms with Crippen LogP contribution in [-0.2, 0) is 35.4 Å². The number of hydrogen-bond donors (Lipinski definition) is 0. The molecule has 0 aromatic heterocycles. The summed E-state index contributed by atoms with van der Waals surface area (Å²) in [6.45, 7) is 5.86. The van der Waals surface area contributed by atoms with Crippen molar-refractivity contribution < 1.29 is 55.2 Å². The topological polar surface area (TPSA) is 114 Å². The van der Waals surface area contributed by atoms with Crippen LogP contribution in [0.1, 0.15) is 48.4 Å². The maximum absolute atomic E-state index is 11.2. The molecule has 0 saturated carbocycles. The molecule has 0 spiro atoms. The Balaban J connectivity index is -0.000000394. The van der Waals surface area contributed by atoms with Gasteiger partial charge in [0.25, 0.3) is 0 Å². The van der Waals surface area contributed by atoms with E-state index in [-0.39, 0.29) is 62.2 Å². The first kappa shape index (κ1) is 33.3. The molecule has 0 fully saturated rings. The molecule has 0 aliphatic heterocycles. The molecule has 0 unspecified atom stereocenters. The first-order valence-electron chi connectivity index (χ1n) is 9.28. The van der Waals surface area contributed by atoms with Crippen molar-refractivity contribution in [2.45, 2.75) is 27.7 Å². The van der Waals surface area contributed by atoms with Crippen LogP contribution in [-0.4, -0.2) is 36.3 Å². The van der Waals surface area contributed by atoms with Crippen molar-refractivity contribution in [3.05, 3.63) is 84.6 Å². The summed E-state index contributed by atoms with van der Waals surface area (Å²) in [5, 5.41) is 17.9. The fourth-order valence-corrected chi connectivity index (χ4v) is 1.74. The number of carbonyl (C=O) groups is 4. The third-order valence-electron chi connectivity index (χ3n) is 2.79. The number of rotatable bonds is 6. The van der Waals surface area contributed by atoms with Crippen molar-refractivity contribution in [3.8, 4) is 0 Å². The van der Waals surface area contributed by atoms with E-state index in [0.29, 0.717) is 11.1 Å². The second-order valence-electron chi connectivity index (χ2n) is 5.55. The van der Waals surface area contributed by atoms with Crippen LogP contribution in [0.2, 0.25) is 0 Å². The predicted octanol–water partition coefficient (Wildman–Crippen LogP) is 2.06. The van der Waals surface area contributed by atoms with E-state index in [0.717, 1.165) is 12.8 Å². The van der Waals surface area contributed by atoms with E-state index >= 15 is 0 Å². The van der Waals surface area contributed by atoms with E-state index in [1.165, 1.54) is 13.8 Å². The summed E-state index contributed by atoms with van der Waals surface area (Å²) in [5.41, 5.74) is 1.10. The van der Waals surface area contributed by atoms with Crippen molar-refractivity contribution in [2.75, 3.05) is 13.2 Å². The van der Waals surface area contributed by atoms with Gasteiger partial charge in [0.2, 0.25) is 0 Å². The van der Waals surface area contributed by atoms with E-state index in [1.54, 1.807) is 62.4 Å². The zero-order chi connectivity index (χ0) is 23.4. The molecule has 0 bridgehead atoms. The molecule has 31 heavy (non-hydrogen) atoms. The number of Topliss-reactive ketones (excluding diaryl/α,β-unsaturated/α-hetero) is 4. The Morgan fingerprint density at radius 1 is 0.645 bits per heavy atom. The van der Waals surface area contributed by atoms with Gasteiger partial charge >= 0.3 is 0 Å². The van der Waals surface area contributed by atoms with Crippen LogP contribution in [0.5, 0.6) is 0 Å². The third-order valence-corrected chi connectivity index (χ3v) is 2.79. The standard InChI is InChI=1S/2C10H9O2.2C2H5O.Hf/c2*1-8(11)7-10(12)9-5-3-2-4-6-9;2*1-2-3;/h2*2-7H,1H3;2*2H2,1H3;/q4*-1;. The molecular formula is C24H28HfO6-4. The molecule has 0 aliphatic rings. The Morgan fingerprint density at radius 3 is 1.06 bits per heavy atom. The van der Waals surface area contributed by atoms with Gasteiger partial charge in [-0.2, -0.15) is 0 Å². The van der Waals surface area contributed by atoms with Crippen molar-refractivity contribution in [2.24, 2.45) is 0 Å². The molecule has 2 aromatic rings. The molecular weight excluding hydrogens is 563 g/mol. The molecule has 0 aliphatic carbocycles. The molecule has 0 N–H and O–H groups in total. The molecule has 168 valence electrons. The van der Waals surface area contributed by atoms with Gasteiger partial charge in [0.15, 0.2) is 0 Å². The quantitative estimate of drug-likeness (QED) is 0.220. The largest absolute Gasteiger partial charge is 0.855 e. The summed E-state index contributed by atoms with van der Waals surface area (Å²) in [5.74, 6) is -0.904. The van der Waals surface area contributed by atoms with E-state index in [2.05, 4.69) is 0 Å². The van der Waals surface area contributed by atoms with Crippen LogP contribution in [0.4, 0.5) is 0 Å². The molecule has 2 aromatic carbocycles. The molecule has 2 rings (SSSR count). The minimum Gasteiger partial charge on any atom is -0.855 e. The van der Waals surface area contributed by atoms with Crippen molar-refractivity contribution >= 4 is 23.1 Å². The van der Waals surface area contributed by atoms with Crippen LogP contribution < -0.4 is 10.2 Å².